The number of fused-ring (bicyclic) bond motifs is 1. The standard InChI is InChI=1S/C14H20BrNO2/c1-2-3-4-5-6-16-12-10-14-13(9-11(12)15)17-7-8-18-14/h9-10,16H,2-8H2,1H3. The molecule has 0 saturated carbocycles. The lowest BCUT2D eigenvalue weighted by Crippen LogP contribution is -2.15. The smallest absolute Gasteiger partial charge is 0.163 e. The highest BCUT2D eigenvalue weighted by atomic mass is 79.9. The van der Waals surface area contributed by atoms with Gasteiger partial charge in [0, 0.05) is 23.2 Å². The van der Waals surface area contributed by atoms with E-state index in [0.717, 1.165) is 28.2 Å². The van der Waals surface area contributed by atoms with Crippen LogP contribution in [0.3, 0.4) is 0 Å². The summed E-state index contributed by atoms with van der Waals surface area (Å²) >= 11 is 3.56. The van der Waals surface area contributed by atoms with Gasteiger partial charge in [-0.15, -0.1) is 0 Å². The number of hydrogen-bond acceptors (Lipinski definition) is 3. The molecule has 1 aliphatic rings. The molecule has 1 heterocycles. The van der Waals surface area contributed by atoms with E-state index >= 15 is 0 Å². The Morgan fingerprint density at radius 2 is 1.83 bits per heavy atom. The number of halogens is 1. The van der Waals surface area contributed by atoms with Crippen molar-refractivity contribution in [3.63, 3.8) is 0 Å². The number of anilines is 1. The van der Waals surface area contributed by atoms with E-state index in [1.165, 1.54) is 25.7 Å². The number of rotatable bonds is 6. The van der Waals surface area contributed by atoms with E-state index in [0.29, 0.717) is 13.2 Å². The molecule has 1 N–H and O–H groups in total. The van der Waals surface area contributed by atoms with Crippen LogP contribution in [0.15, 0.2) is 16.6 Å². The van der Waals surface area contributed by atoms with E-state index in [9.17, 15) is 0 Å². The highest BCUT2D eigenvalue weighted by Crippen LogP contribution is 2.38. The fourth-order valence-corrected chi connectivity index (χ4v) is 2.44. The predicted molar refractivity (Wildman–Crippen MR) is 77.8 cm³/mol. The summed E-state index contributed by atoms with van der Waals surface area (Å²) in [5, 5.41) is 3.44. The minimum absolute atomic E-state index is 0.628. The topological polar surface area (TPSA) is 30.5 Å². The van der Waals surface area contributed by atoms with Crippen molar-refractivity contribution in [2.24, 2.45) is 0 Å². The van der Waals surface area contributed by atoms with Crippen molar-refractivity contribution >= 4 is 21.6 Å². The van der Waals surface area contributed by atoms with Crippen LogP contribution in [0.5, 0.6) is 11.5 Å². The first-order chi connectivity index (χ1) is 8.81. The van der Waals surface area contributed by atoms with E-state index in [1.807, 2.05) is 12.1 Å². The van der Waals surface area contributed by atoms with Crippen LogP contribution in [-0.4, -0.2) is 19.8 Å². The molecule has 0 aliphatic carbocycles. The normalized spacial score (nSPS) is 13.4. The average molecular weight is 314 g/mol. The van der Waals surface area contributed by atoms with Gasteiger partial charge in [0.2, 0.25) is 0 Å². The molecule has 0 spiro atoms. The Morgan fingerprint density at radius 1 is 1.11 bits per heavy atom. The van der Waals surface area contributed by atoms with Crippen molar-refractivity contribution in [1.29, 1.82) is 0 Å². The third kappa shape index (κ3) is 3.55. The summed E-state index contributed by atoms with van der Waals surface area (Å²) in [7, 11) is 0. The summed E-state index contributed by atoms with van der Waals surface area (Å²) in [6.45, 7) is 4.48. The molecule has 0 aromatic heterocycles. The van der Waals surface area contributed by atoms with Gasteiger partial charge in [-0.1, -0.05) is 26.2 Å². The second-order valence-corrected chi connectivity index (χ2v) is 5.32. The monoisotopic (exact) mass is 313 g/mol. The molecule has 3 nitrogen and oxygen atoms in total. The Bertz CT molecular complexity index is 396. The number of hydrogen-bond donors (Lipinski definition) is 1. The molecular formula is C14H20BrNO2. The van der Waals surface area contributed by atoms with Gasteiger partial charge in [0.05, 0.1) is 5.69 Å². The number of benzene rings is 1. The second kappa shape index (κ2) is 6.88. The van der Waals surface area contributed by atoms with Crippen molar-refractivity contribution < 1.29 is 9.47 Å². The van der Waals surface area contributed by atoms with E-state index in [1.54, 1.807) is 0 Å². The molecular weight excluding hydrogens is 294 g/mol. The Balaban J connectivity index is 1.91. The first kappa shape index (κ1) is 13.5. The van der Waals surface area contributed by atoms with Gasteiger partial charge in [-0.05, 0) is 22.4 Å². The SMILES string of the molecule is CCCCCCNc1cc2c(cc1Br)OCCO2. The summed E-state index contributed by atoms with van der Waals surface area (Å²) in [5.74, 6) is 1.66. The lowest BCUT2D eigenvalue weighted by Gasteiger charge is -2.20. The van der Waals surface area contributed by atoms with Crippen LogP contribution < -0.4 is 14.8 Å². The molecule has 100 valence electrons. The van der Waals surface area contributed by atoms with Gasteiger partial charge in [0.15, 0.2) is 11.5 Å². The predicted octanol–water partition coefficient (Wildman–Crippen LogP) is 4.21. The summed E-state index contributed by atoms with van der Waals surface area (Å²) < 4.78 is 12.1. The molecule has 1 aromatic carbocycles. The van der Waals surface area contributed by atoms with Crippen molar-refractivity contribution in [1.82, 2.24) is 0 Å². The van der Waals surface area contributed by atoms with Crippen LogP contribution in [0.4, 0.5) is 5.69 Å². The van der Waals surface area contributed by atoms with Gasteiger partial charge in [-0.25, -0.2) is 0 Å². The number of unbranched alkanes of at least 4 members (excludes halogenated alkanes) is 3. The molecule has 18 heavy (non-hydrogen) atoms. The van der Waals surface area contributed by atoms with E-state index in [4.69, 9.17) is 9.47 Å². The molecule has 0 saturated heterocycles. The molecule has 4 heteroatoms. The fourth-order valence-electron chi connectivity index (χ4n) is 1.97. The molecule has 0 atom stereocenters. The Morgan fingerprint density at radius 3 is 2.56 bits per heavy atom. The molecule has 0 radical (unpaired) electrons. The Kier molecular flexibility index (Phi) is 5.17. The van der Waals surface area contributed by atoms with Crippen LogP contribution >= 0.6 is 15.9 Å². The zero-order chi connectivity index (χ0) is 12.8. The van der Waals surface area contributed by atoms with Crippen LogP contribution in [0, 0.1) is 0 Å². The van der Waals surface area contributed by atoms with Gasteiger partial charge in [-0.2, -0.15) is 0 Å². The maximum Gasteiger partial charge on any atom is 0.163 e. The largest absolute Gasteiger partial charge is 0.486 e. The van der Waals surface area contributed by atoms with Gasteiger partial charge >= 0.3 is 0 Å². The van der Waals surface area contributed by atoms with Crippen LogP contribution in [0.1, 0.15) is 32.6 Å². The van der Waals surface area contributed by atoms with Gasteiger partial charge in [-0.3, -0.25) is 0 Å². The summed E-state index contributed by atoms with van der Waals surface area (Å²) in [5.41, 5.74) is 1.08. The molecule has 0 fully saturated rings. The molecule has 0 unspecified atom stereocenters. The third-order valence-electron chi connectivity index (χ3n) is 2.98. The summed E-state index contributed by atoms with van der Waals surface area (Å²) in [4.78, 5) is 0. The third-order valence-corrected chi connectivity index (χ3v) is 3.63. The molecule has 2 rings (SSSR count). The van der Waals surface area contributed by atoms with Crippen LogP contribution in [0.25, 0.3) is 0 Å². The first-order valence-electron chi connectivity index (χ1n) is 6.64. The Hall–Kier alpha value is -0.900. The van der Waals surface area contributed by atoms with Crippen molar-refractivity contribution in [3.05, 3.63) is 16.6 Å². The van der Waals surface area contributed by atoms with Crippen molar-refractivity contribution in [2.75, 3.05) is 25.1 Å². The zero-order valence-electron chi connectivity index (χ0n) is 10.8. The van der Waals surface area contributed by atoms with Crippen molar-refractivity contribution in [3.8, 4) is 11.5 Å². The number of ether oxygens (including phenoxy) is 2. The quantitative estimate of drug-likeness (QED) is 0.798. The summed E-state index contributed by atoms with van der Waals surface area (Å²) in [6.07, 6.45) is 5.07. The van der Waals surface area contributed by atoms with Gasteiger partial charge < -0.3 is 14.8 Å². The summed E-state index contributed by atoms with van der Waals surface area (Å²) in [6, 6.07) is 3.99. The molecule has 1 aliphatic heterocycles. The molecule has 1 aromatic rings. The first-order valence-corrected chi connectivity index (χ1v) is 7.43. The van der Waals surface area contributed by atoms with E-state index < -0.39 is 0 Å². The Labute approximate surface area is 117 Å². The van der Waals surface area contributed by atoms with Crippen LogP contribution in [0.2, 0.25) is 0 Å². The average Bonchev–Trinajstić information content (AvgIpc) is 2.39. The minimum Gasteiger partial charge on any atom is -0.486 e. The molecule has 0 bridgehead atoms. The fraction of sp³-hybridized carbons (Fsp3) is 0.571. The van der Waals surface area contributed by atoms with E-state index in [2.05, 4.69) is 28.2 Å². The van der Waals surface area contributed by atoms with E-state index in [-0.39, 0.29) is 0 Å². The molecule has 0 amide bonds. The lowest BCUT2D eigenvalue weighted by molar-refractivity contribution is 0.171. The number of nitrogens with one attached hydrogen (secondary N) is 1. The van der Waals surface area contributed by atoms with Crippen LogP contribution in [-0.2, 0) is 0 Å². The maximum atomic E-state index is 5.58. The van der Waals surface area contributed by atoms with Crippen molar-refractivity contribution in [2.45, 2.75) is 32.6 Å². The minimum atomic E-state index is 0.628. The second-order valence-electron chi connectivity index (χ2n) is 4.46. The highest BCUT2D eigenvalue weighted by Gasteiger charge is 2.14. The van der Waals surface area contributed by atoms with Gasteiger partial charge in [0.1, 0.15) is 13.2 Å². The lowest BCUT2D eigenvalue weighted by atomic mass is 10.2. The van der Waals surface area contributed by atoms with Gasteiger partial charge in [0.25, 0.3) is 0 Å². The highest BCUT2D eigenvalue weighted by molar-refractivity contribution is 9.10. The maximum absolute atomic E-state index is 5.58. The zero-order valence-corrected chi connectivity index (χ0v) is 12.4.